The summed E-state index contributed by atoms with van der Waals surface area (Å²) in [4.78, 5) is 11.1. The van der Waals surface area contributed by atoms with Crippen LogP contribution in [0.3, 0.4) is 0 Å². The van der Waals surface area contributed by atoms with E-state index in [1.165, 1.54) is 16.7 Å². The number of carbonyl (C=O) groups is 1. The van der Waals surface area contributed by atoms with Crippen LogP contribution >= 0.6 is 0 Å². The van der Waals surface area contributed by atoms with Gasteiger partial charge in [-0.15, -0.1) is 0 Å². The normalized spacial score (nSPS) is 15.4. The highest BCUT2D eigenvalue weighted by Crippen LogP contribution is 2.36. The minimum absolute atomic E-state index is 0.0164. The molecule has 0 amide bonds. The Hall–Kier alpha value is -1.37. The predicted octanol–water partition coefficient (Wildman–Crippen LogP) is 5.65. The molecular formula is C20H30O. The monoisotopic (exact) mass is 286 g/mol. The first-order valence-corrected chi connectivity index (χ1v) is 7.97. The van der Waals surface area contributed by atoms with Crippen LogP contribution in [0.25, 0.3) is 0 Å². The van der Waals surface area contributed by atoms with Gasteiger partial charge in [0.15, 0.2) is 0 Å². The van der Waals surface area contributed by atoms with Crippen molar-refractivity contribution in [1.29, 1.82) is 0 Å². The standard InChI is InChI=1S/C20H30O/c1-15(2)10-11-20(6,13-17(5)14-21)19-9-7-8-18(12-19)16(3)4/h7-10,12,14,16-17H,11,13H2,1-6H3. The fourth-order valence-electron chi connectivity index (χ4n) is 2.78. The highest BCUT2D eigenvalue weighted by Gasteiger charge is 2.28. The molecule has 0 aliphatic heterocycles. The van der Waals surface area contributed by atoms with E-state index in [1.807, 2.05) is 6.92 Å². The second-order valence-corrected chi connectivity index (χ2v) is 7.14. The van der Waals surface area contributed by atoms with Crippen molar-refractivity contribution in [3.8, 4) is 0 Å². The summed E-state index contributed by atoms with van der Waals surface area (Å²) < 4.78 is 0. The van der Waals surface area contributed by atoms with E-state index in [9.17, 15) is 4.79 Å². The average molecular weight is 286 g/mol. The lowest BCUT2D eigenvalue weighted by Crippen LogP contribution is -2.25. The minimum Gasteiger partial charge on any atom is -0.303 e. The van der Waals surface area contributed by atoms with Gasteiger partial charge in [0.1, 0.15) is 6.29 Å². The van der Waals surface area contributed by atoms with Crippen LogP contribution in [0.1, 0.15) is 71.4 Å². The molecule has 1 rings (SSSR count). The highest BCUT2D eigenvalue weighted by atomic mass is 16.1. The molecule has 0 aromatic heterocycles. The molecule has 0 aliphatic rings. The van der Waals surface area contributed by atoms with Crippen LogP contribution in [0, 0.1) is 5.92 Å². The lowest BCUT2D eigenvalue weighted by Gasteiger charge is -2.31. The van der Waals surface area contributed by atoms with Gasteiger partial charge < -0.3 is 4.79 Å². The van der Waals surface area contributed by atoms with Crippen LogP contribution in [0.2, 0.25) is 0 Å². The second kappa shape index (κ2) is 7.59. The van der Waals surface area contributed by atoms with Crippen molar-refractivity contribution in [2.24, 2.45) is 5.92 Å². The van der Waals surface area contributed by atoms with E-state index >= 15 is 0 Å². The van der Waals surface area contributed by atoms with Gasteiger partial charge in [0.25, 0.3) is 0 Å². The number of allylic oxidation sites excluding steroid dienone is 2. The van der Waals surface area contributed by atoms with E-state index < -0.39 is 0 Å². The van der Waals surface area contributed by atoms with Gasteiger partial charge in [-0.3, -0.25) is 0 Å². The molecule has 1 aromatic carbocycles. The first kappa shape index (κ1) is 17.7. The molecule has 1 aromatic rings. The Morgan fingerprint density at radius 1 is 1.24 bits per heavy atom. The Morgan fingerprint density at radius 3 is 2.43 bits per heavy atom. The third-order valence-electron chi connectivity index (χ3n) is 4.22. The molecule has 0 aliphatic carbocycles. The summed E-state index contributed by atoms with van der Waals surface area (Å²) in [6, 6.07) is 8.87. The summed E-state index contributed by atoms with van der Waals surface area (Å²) in [6.45, 7) is 13.0. The molecule has 0 N–H and O–H groups in total. The number of aldehydes is 1. The van der Waals surface area contributed by atoms with Gasteiger partial charge in [0, 0.05) is 5.92 Å². The van der Waals surface area contributed by atoms with Crippen molar-refractivity contribution in [2.75, 3.05) is 0 Å². The zero-order valence-corrected chi connectivity index (χ0v) is 14.4. The maximum absolute atomic E-state index is 11.1. The lowest BCUT2D eigenvalue weighted by atomic mass is 9.72. The number of benzene rings is 1. The Bertz CT molecular complexity index is 494. The smallest absolute Gasteiger partial charge is 0.122 e. The molecule has 0 bridgehead atoms. The zero-order valence-electron chi connectivity index (χ0n) is 14.4. The van der Waals surface area contributed by atoms with Gasteiger partial charge in [-0.25, -0.2) is 0 Å². The van der Waals surface area contributed by atoms with Crippen molar-refractivity contribution in [2.45, 2.75) is 65.7 Å². The predicted molar refractivity (Wildman–Crippen MR) is 91.8 cm³/mol. The van der Waals surface area contributed by atoms with Crippen LogP contribution in [0.4, 0.5) is 0 Å². The van der Waals surface area contributed by atoms with Gasteiger partial charge in [-0.1, -0.05) is 63.6 Å². The van der Waals surface area contributed by atoms with E-state index in [0.717, 1.165) is 19.1 Å². The first-order valence-electron chi connectivity index (χ1n) is 7.97. The molecular weight excluding hydrogens is 256 g/mol. The van der Waals surface area contributed by atoms with Gasteiger partial charge >= 0.3 is 0 Å². The molecule has 0 saturated carbocycles. The Kier molecular flexibility index (Phi) is 6.39. The molecule has 0 spiro atoms. The molecule has 2 unspecified atom stereocenters. The maximum atomic E-state index is 11.1. The van der Waals surface area contributed by atoms with Crippen LogP contribution < -0.4 is 0 Å². The molecule has 21 heavy (non-hydrogen) atoms. The molecule has 116 valence electrons. The molecule has 0 heterocycles. The fourth-order valence-corrected chi connectivity index (χ4v) is 2.78. The van der Waals surface area contributed by atoms with Gasteiger partial charge in [-0.2, -0.15) is 0 Å². The lowest BCUT2D eigenvalue weighted by molar-refractivity contribution is -0.111. The third kappa shape index (κ3) is 5.15. The number of hydrogen-bond donors (Lipinski definition) is 0. The summed E-state index contributed by atoms with van der Waals surface area (Å²) in [7, 11) is 0. The second-order valence-electron chi connectivity index (χ2n) is 7.14. The van der Waals surface area contributed by atoms with Crippen molar-refractivity contribution < 1.29 is 4.79 Å². The minimum atomic E-state index is 0.0164. The summed E-state index contributed by atoms with van der Waals surface area (Å²) in [5.74, 6) is 0.615. The fraction of sp³-hybridized carbons (Fsp3) is 0.550. The quantitative estimate of drug-likeness (QED) is 0.467. The molecule has 1 nitrogen and oxygen atoms in total. The number of hydrogen-bond acceptors (Lipinski definition) is 1. The third-order valence-corrected chi connectivity index (χ3v) is 4.22. The molecule has 0 saturated heterocycles. The van der Waals surface area contributed by atoms with Gasteiger partial charge in [0.2, 0.25) is 0 Å². The van der Waals surface area contributed by atoms with Crippen molar-refractivity contribution >= 4 is 6.29 Å². The van der Waals surface area contributed by atoms with E-state index in [2.05, 4.69) is 65.0 Å². The largest absolute Gasteiger partial charge is 0.303 e. The van der Waals surface area contributed by atoms with E-state index in [0.29, 0.717) is 5.92 Å². The van der Waals surface area contributed by atoms with Crippen LogP contribution in [0.15, 0.2) is 35.9 Å². The number of rotatable bonds is 7. The molecule has 1 heteroatoms. The summed E-state index contributed by atoms with van der Waals surface area (Å²) >= 11 is 0. The van der Waals surface area contributed by atoms with Gasteiger partial charge in [-0.05, 0) is 49.1 Å². The Balaban J connectivity index is 3.18. The summed E-state index contributed by atoms with van der Waals surface area (Å²) in [6.07, 6.45) is 5.24. The van der Waals surface area contributed by atoms with E-state index in [1.54, 1.807) is 0 Å². The van der Waals surface area contributed by atoms with Crippen molar-refractivity contribution in [1.82, 2.24) is 0 Å². The van der Waals surface area contributed by atoms with Crippen LogP contribution in [-0.4, -0.2) is 6.29 Å². The summed E-state index contributed by atoms with van der Waals surface area (Å²) in [5.41, 5.74) is 4.07. The highest BCUT2D eigenvalue weighted by molar-refractivity contribution is 5.53. The summed E-state index contributed by atoms with van der Waals surface area (Å²) in [5, 5.41) is 0. The Labute approximate surface area is 130 Å². The van der Waals surface area contributed by atoms with Gasteiger partial charge in [0.05, 0.1) is 0 Å². The zero-order chi connectivity index (χ0) is 16.0. The molecule has 0 radical (unpaired) electrons. The van der Waals surface area contributed by atoms with Crippen molar-refractivity contribution in [3.05, 3.63) is 47.0 Å². The average Bonchev–Trinajstić information content (AvgIpc) is 2.45. The molecule has 0 fully saturated rings. The number of carbonyl (C=O) groups excluding carboxylic acids is 1. The maximum Gasteiger partial charge on any atom is 0.122 e. The first-order chi connectivity index (χ1) is 9.78. The molecule has 2 atom stereocenters. The van der Waals surface area contributed by atoms with E-state index in [4.69, 9.17) is 0 Å². The van der Waals surface area contributed by atoms with Crippen molar-refractivity contribution in [3.63, 3.8) is 0 Å². The van der Waals surface area contributed by atoms with Crippen LogP contribution in [-0.2, 0) is 10.2 Å². The van der Waals surface area contributed by atoms with E-state index in [-0.39, 0.29) is 11.3 Å². The topological polar surface area (TPSA) is 17.1 Å². The van der Waals surface area contributed by atoms with Crippen LogP contribution in [0.5, 0.6) is 0 Å². The Morgan fingerprint density at radius 2 is 1.90 bits per heavy atom. The SMILES string of the molecule is CC(C)=CCC(C)(CC(C)C=O)c1cccc(C(C)C)c1.